The van der Waals surface area contributed by atoms with Gasteiger partial charge in [-0.15, -0.1) is 0 Å². The molecule has 1 aliphatic rings. The van der Waals surface area contributed by atoms with Gasteiger partial charge in [-0.25, -0.2) is 0 Å². The average Bonchev–Trinajstić information content (AvgIpc) is 3.05. The van der Waals surface area contributed by atoms with Crippen LogP contribution in [0.25, 0.3) is 0 Å². The molecule has 2 N–H and O–H groups in total. The maximum absolute atomic E-state index is 6.24. The van der Waals surface area contributed by atoms with Crippen LogP contribution in [0.4, 0.5) is 0 Å². The summed E-state index contributed by atoms with van der Waals surface area (Å²) in [5.74, 6) is 0. The zero-order valence-corrected chi connectivity index (χ0v) is 12.2. The second-order valence-corrected chi connectivity index (χ2v) is 5.50. The molecule has 1 aliphatic carbocycles. The van der Waals surface area contributed by atoms with Crippen LogP contribution >= 0.6 is 0 Å². The van der Waals surface area contributed by atoms with Gasteiger partial charge in [0.25, 0.3) is 0 Å². The molecular formula is C15H27N3O. The van der Waals surface area contributed by atoms with E-state index < -0.39 is 0 Å². The van der Waals surface area contributed by atoms with Crippen molar-refractivity contribution in [1.29, 1.82) is 0 Å². The molecule has 1 saturated carbocycles. The predicted octanol–water partition coefficient (Wildman–Crippen LogP) is 2.68. The van der Waals surface area contributed by atoms with E-state index in [2.05, 4.69) is 23.9 Å². The van der Waals surface area contributed by atoms with Crippen molar-refractivity contribution in [3.8, 4) is 0 Å². The van der Waals surface area contributed by atoms with Gasteiger partial charge in [0.2, 0.25) is 0 Å². The molecular weight excluding hydrogens is 238 g/mol. The van der Waals surface area contributed by atoms with Crippen LogP contribution in [0, 0.1) is 0 Å². The molecule has 2 atom stereocenters. The van der Waals surface area contributed by atoms with Crippen LogP contribution in [0.2, 0.25) is 0 Å². The highest BCUT2D eigenvalue weighted by Gasteiger charge is 2.20. The minimum atomic E-state index is 0.0388. The summed E-state index contributed by atoms with van der Waals surface area (Å²) in [4.78, 5) is 0. The molecule has 0 saturated heterocycles. The summed E-state index contributed by atoms with van der Waals surface area (Å²) < 4.78 is 7.81. The maximum atomic E-state index is 6.24. The van der Waals surface area contributed by atoms with E-state index in [1.165, 1.54) is 25.7 Å². The number of hydrogen-bond acceptors (Lipinski definition) is 3. The van der Waals surface area contributed by atoms with Crippen molar-refractivity contribution in [2.24, 2.45) is 5.73 Å². The van der Waals surface area contributed by atoms with Crippen molar-refractivity contribution in [3.63, 3.8) is 0 Å². The Morgan fingerprint density at radius 1 is 1.42 bits per heavy atom. The third-order valence-corrected chi connectivity index (χ3v) is 4.07. The minimum absolute atomic E-state index is 0.0388. The quantitative estimate of drug-likeness (QED) is 0.824. The molecule has 0 spiro atoms. The molecule has 4 nitrogen and oxygen atoms in total. The van der Waals surface area contributed by atoms with E-state index in [-0.39, 0.29) is 12.1 Å². The smallest absolute Gasteiger partial charge is 0.0727 e. The van der Waals surface area contributed by atoms with Gasteiger partial charge in [-0.2, -0.15) is 5.10 Å². The van der Waals surface area contributed by atoms with E-state index in [1.54, 1.807) is 0 Å². The van der Waals surface area contributed by atoms with Gasteiger partial charge in [0.1, 0.15) is 0 Å². The summed E-state index contributed by atoms with van der Waals surface area (Å²) in [6.07, 6.45) is 9.22. The normalized spacial score (nSPS) is 19.7. The van der Waals surface area contributed by atoms with Crippen LogP contribution in [-0.2, 0) is 11.2 Å². The van der Waals surface area contributed by atoms with Crippen LogP contribution < -0.4 is 5.73 Å². The molecule has 0 aromatic carbocycles. The largest absolute Gasteiger partial charge is 0.377 e. The summed E-state index contributed by atoms with van der Waals surface area (Å²) in [5.41, 5.74) is 7.33. The Morgan fingerprint density at radius 2 is 2.16 bits per heavy atom. The third-order valence-electron chi connectivity index (χ3n) is 4.07. The summed E-state index contributed by atoms with van der Waals surface area (Å²) >= 11 is 0. The second kappa shape index (κ2) is 7.06. The first-order chi connectivity index (χ1) is 9.24. The van der Waals surface area contributed by atoms with Crippen LogP contribution in [0.3, 0.4) is 0 Å². The van der Waals surface area contributed by atoms with Crippen LogP contribution in [0.15, 0.2) is 12.3 Å². The van der Waals surface area contributed by atoms with Crippen molar-refractivity contribution in [3.05, 3.63) is 18.0 Å². The summed E-state index contributed by atoms with van der Waals surface area (Å²) in [5, 5.41) is 4.69. The highest BCUT2D eigenvalue weighted by molar-refractivity contribution is 5.03. The second-order valence-electron chi connectivity index (χ2n) is 5.50. The van der Waals surface area contributed by atoms with Crippen molar-refractivity contribution in [1.82, 2.24) is 9.78 Å². The number of nitrogens with zero attached hydrogens (tertiary/aromatic N) is 2. The lowest BCUT2D eigenvalue weighted by Gasteiger charge is -2.21. The first kappa shape index (κ1) is 14.5. The van der Waals surface area contributed by atoms with E-state index >= 15 is 0 Å². The lowest BCUT2D eigenvalue weighted by atomic mass is 10.0. The molecule has 1 aromatic heterocycles. The molecule has 0 amide bonds. The molecule has 19 heavy (non-hydrogen) atoms. The SMILES string of the molecule is CCOC(CC)C(N)Cc1ccn(C2CCCC2)n1. The van der Waals surface area contributed by atoms with E-state index in [0.717, 1.165) is 25.1 Å². The Balaban J connectivity index is 1.91. The summed E-state index contributed by atoms with van der Waals surface area (Å²) in [7, 11) is 0. The molecule has 2 rings (SSSR count). The monoisotopic (exact) mass is 265 g/mol. The molecule has 1 fully saturated rings. The number of rotatable bonds is 7. The fourth-order valence-electron chi connectivity index (χ4n) is 2.99. The minimum Gasteiger partial charge on any atom is -0.377 e. The van der Waals surface area contributed by atoms with Gasteiger partial charge < -0.3 is 10.5 Å². The van der Waals surface area contributed by atoms with Crippen LogP contribution in [0.1, 0.15) is 57.7 Å². The maximum Gasteiger partial charge on any atom is 0.0727 e. The van der Waals surface area contributed by atoms with Gasteiger partial charge in [-0.05, 0) is 32.3 Å². The molecule has 0 radical (unpaired) electrons. The first-order valence-electron chi connectivity index (χ1n) is 7.65. The first-order valence-corrected chi connectivity index (χ1v) is 7.65. The van der Waals surface area contributed by atoms with Crippen molar-refractivity contribution >= 4 is 0 Å². The Labute approximate surface area is 116 Å². The zero-order valence-electron chi connectivity index (χ0n) is 12.2. The molecule has 4 heteroatoms. The Hall–Kier alpha value is -0.870. The molecule has 0 bridgehead atoms. The Bertz CT molecular complexity index is 371. The van der Waals surface area contributed by atoms with E-state index in [1.807, 2.05) is 6.92 Å². The number of aromatic nitrogens is 2. The third kappa shape index (κ3) is 3.80. The highest BCUT2D eigenvalue weighted by Crippen LogP contribution is 2.28. The standard InChI is InChI=1S/C15H27N3O/c1-3-15(19-4-2)14(16)11-12-9-10-18(17-12)13-7-5-6-8-13/h9-10,13-15H,3-8,11,16H2,1-2H3. The van der Waals surface area contributed by atoms with Gasteiger partial charge in [0.15, 0.2) is 0 Å². The van der Waals surface area contributed by atoms with Gasteiger partial charge in [0, 0.05) is 25.3 Å². The lowest BCUT2D eigenvalue weighted by Crippen LogP contribution is -2.38. The van der Waals surface area contributed by atoms with E-state index in [4.69, 9.17) is 15.6 Å². The van der Waals surface area contributed by atoms with Crippen LogP contribution in [0.5, 0.6) is 0 Å². The van der Waals surface area contributed by atoms with E-state index in [0.29, 0.717) is 6.04 Å². The molecule has 1 aromatic rings. The van der Waals surface area contributed by atoms with Crippen molar-refractivity contribution in [2.45, 2.75) is 70.6 Å². The van der Waals surface area contributed by atoms with Crippen molar-refractivity contribution < 1.29 is 4.74 Å². The molecule has 1 heterocycles. The summed E-state index contributed by atoms with van der Waals surface area (Å²) in [6, 6.07) is 2.76. The predicted molar refractivity (Wildman–Crippen MR) is 77.1 cm³/mol. The lowest BCUT2D eigenvalue weighted by molar-refractivity contribution is 0.0415. The van der Waals surface area contributed by atoms with Gasteiger partial charge in [-0.3, -0.25) is 4.68 Å². The fraction of sp³-hybridized carbons (Fsp3) is 0.800. The average molecular weight is 265 g/mol. The van der Waals surface area contributed by atoms with E-state index in [9.17, 15) is 0 Å². The zero-order chi connectivity index (χ0) is 13.7. The summed E-state index contributed by atoms with van der Waals surface area (Å²) in [6.45, 7) is 4.87. The van der Waals surface area contributed by atoms with Crippen molar-refractivity contribution in [2.75, 3.05) is 6.61 Å². The topological polar surface area (TPSA) is 53.1 Å². The Kier molecular flexibility index (Phi) is 5.40. The van der Waals surface area contributed by atoms with Gasteiger partial charge in [0.05, 0.1) is 17.8 Å². The number of ether oxygens (including phenoxy) is 1. The number of nitrogens with two attached hydrogens (primary N) is 1. The van der Waals surface area contributed by atoms with Crippen LogP contribution in [-0.4, -0.2) is 28.5 Å². The number of hydrogen-bond donors (Lipinski definition) is 1. The molecule has 0 aliphatic heterocycles. The fourth-order valence-corrected chi connectivity index (χ4v) is 2.99. The Morgan fingerprint density at radius 3 is 2.79 bits per heavy atom. The van der Waals surface area contributed by atoms with Gasteiger partial charge >= 0.3 is 0 Å². The molecule has 2 unspecified atom stereocenters. The highest BCUT2D eigenvalue weighted by atomic mass is 16.5. The molecule has 108 valence electrons. The van der Waals surface area contributed by atoms with Gasteiger partial charge in [-0.1, -0.05) is 19.8 Å².